The van der Waals surface area contributed by atoms with Gasteiger partial charge in [-0.2, -0.15) is 0 Å². The molecule has 168 valence electrons. The summed E-state index contributed by atoms with van der Waals surface area (Å²) in [5, 5.41) is 5.02. The highest BCUT2D eigenvalue weighted by atomic mass is 15.1. The molecule has 0 bridgehead atoms. The van der Waals surface area contributed by atoms with Crippen molar-refractivity contribution in [1.29, 1.82) is 0 Å². The molecule has 0 saturated heterocycles. The summed E-state index contributed by atoms with van der Waals surface area (Å²) >= 11 is 0. The lowest BCUT2D eigenvalue weighted by Gasteiger charge is -2.30. The summed E-state index contributed by atoms with van der Waals surface area (Å²) in [5.74, 6) is 0. The Morgan fingerprint density at radius 2 is 1.14 bits per heavy atom. The molecule has 0 fully saturated rings. The Kier molecular flexibility index (Phi) is 5.31. The van der Waals surface area contributed by atoms with Gasteiger partial charge < -0.3 is 4.90 Å². The molecule has 6 aromatic carbocycles. The first-order chi connectivity index (χ1) is 17.2. The fraction of sp³-hybridized carbons (Fsp3) is 0.0588. The van der Waals surface area contributed by atoms with Crippen LogP contribution in [0.5, 0.6) is 0 Å². The smallest absolute Gasteiger partial charge is 0.0546 e. The number of aryl methyl sites for hydroxylation is 2. The number of benzene rings is 6. The van der Waals surface area contributed by atoms with Gasteiger partial charge in [0, 0.05) is 16.9 Å². The lowest BCUT2D eigenvalue weighted by Crippen LogP contribution is -2.13. The molecule has 0 aliphatic heterocycles. The molecule has 0 aromatic heterocycles. The van der Waals surface area contributed by atoms with Gasteiger partial charge in [0.2, 0.25) is 0 Å². The van der Waals surface area contributed by atoms with Crippen molar-refractivity contribution in [2.75, 3.05) is 4.90 Å². The second-order valence-corrected chi connectivity index (χ2v) is 9.17. The fourth-order valence-corrected chi connectivity index (χ4v) is 5.16. The Hall–Kier alpha value is -4.36. The monoisotopic (exact) mass is 449 g/mol. The topological polar surface area (TPSA) is 3.24 Å². The Balaban J connectivity index is 1.75. The van der Waals surface area contributed by atoms with Gasteiger partial charge in [0.15, 0.2) is 0 Å². The van der Waals surface area contributed by atoms with E-state index in [1.807, 2.05) is 0 Å². The number of anilines is 3. The third kappa shape index (κ3) is 3.76. The minimum absolute atomic E-state index is 1.16. The predicted octanol–water partition coefficient (Wildman–Crippen LogP) is 9.75. The molecule has 0 spiro atoms. The number of fused-ring (bicyclic) bond motifs is 2. The molecular weight excluding hydrogens is 422 g/mol. The summed E-state index contributed by atoms with van der Waals surface area (Å²) in [6.07, 6.45) is 0. The molecule has 1 nitrogen and oxygen atoms in total. The molecule has 0 unspecified atom stereocenters. The molecular formula is C34H27N. The first-order valence-corrected chi connectivity index (χ1v) is 12.1. The van der Waals surface area contributed by atoms with Crippen LogP contribution in [0.2, 0.25) is 0 Å². The average molecular weight is 450 g/mol. The fourth-order valence-electron chi connectivity index (χ4n) is 5.16. The van der Waals surface area contributed by atoms with Crippen LogP contribution in [0.25, 0.3) is 32.7 Å². The van der Waals surface area contributed by atoms with Crippen LogP contribution in [0.1, 0.15) is 11.1 Å². The van der Waals surface area contributed by atoms with Gasteiger partial charge in [0.25, 0.3) is 0 Å². The summed E-state index contributed by atoms with van der Waals surface area (Å²) in [4.78, 5) is 2.42. The summed E-state index contributed by atoms with van der Waals surface area (Å²) in [7, 11) is 0. The van der Waals surface area contributed by atoms with Crippen LogP contribution in [0, 0.1) is 13.8 Å². The van der Waals surface area contributed by atoms with Crippen molar-refractivity contribution in [1.82, 2.24) is 0 Å². The van der Waals surface area contributed by atoms with Crippen molar-refractivity contribution < 1.29 is 0 Å². The number of hydrogen-bond donors (Lipinski definition) is 0. The molecule has 0 aliphatic rings. The quantitative estimate of drug-likeness (QED) is 0.259. The van der Waals surface area contributed by atoms with Crippen LogP contribution in [0.15, 0.2) is 127 Å². The van der Waals surface area contributed by atoms with E-state index in [-0.39, 0.29) is 0 Å². The van der Waals surface area contributed by atoms with E-state index in [2.05, 4.69) is 146 Å². The maximum Gasteiger partial charge on any atom is 0.0546 e. The SMILES string of the molecule is Cc1cccc(N(c2ccccc2C)c2ccc3ccccc3c2-c2cccc3ccccc23)c1. The normalized spacial score (nSPS) is 11.1. The van der Waals surface area contributed by atoms with Crippen molar-refractivity contribution in [3.8, 4) is 11.1 Å². The van der Waals surface area contributed by atoms with Crippen LogP contribution in [-0.2, 0) is 0 Å². The highest BCUT2D eigenvalue weighted by Crippen LogP contribution is 2.46. The van der Waals surface area contributed by atoms with Gasteiger partial charge in [-0.3, -0.25) is 0 Å². The summed E-state index contributed by atoms with van der Waals surface area (Å²) in [5.41, 5.74) is 8.52. The number of rotatable bonds is 4. The Morgan fingerprint density at radius 1 is 0.486 bits per heavy atom. The van der Waals surface area contributed by atoms with E-state index in [0.29, 0.717) is 0 Å². The van der Waals surface area contributed by atoms with Gasteiger partial charge >= 0.3 is 0 Å². The minimum Gasteiger partial charge on any atom is -0.310 e. The van der Waals surface area contributed by atoms with E-state index in [1.54, 1.807) is 0 Å². The second-order valence-electron chi connectivity index (χ2n) is 9.17. The Labute approximate surface area is 206 Å². The molecule has 6 rings (SSSR count). The molecule has 0 heterocycles. The van der Waals surface area contributed by atoms with Gasteiger partial charge in [-0.25, -0.2) is 0 Å². The van der Waals surface area contributed by atoms with E-state index in [1.165, 1.54) is 55.2 Å². The highest BCUT2D eigenvalue weighted by molar-refractivity contribution is 6.11. The lowest BCUT2D eigenvalue weighted by atomic mass is 9.91. The molecule has 0 amide bonds. The standard InChI is InChI=1S/C34H27N/c1-24-11-9-16-28(23-24)35(32-20-8-3-12-25(32)2)33-22-21-27-14-5-7-18-30(27)34(33)31-19-10-15-26-13-4-6-17-29(26)31/h3-23H,1-2H3. The maximum atomic E-state index is 2.42. The molecule has 1 heteroatoms. The molecule has 0 saturated carbocycles. The summed E-state index contributed by atoms with van der Waals surface area (Å²) in [6.45, 7) is 4.35. The number of para-hydroxylation sites is 1. The van der Waals surface area contributed by atoms with Gasteiger partial charge in [-0.05, 0) is 76.3 Å². The average Bonchev–Trinajstić information content (AvgIpc) is 2.89. The number of hydrogen-bond acceptors (Lipinski definition) is 1. The molecule has 0 atom stereocenters. The van der Waals surface area contributed by atoms with Gasteiger partial charge in [-0.1, -0.05) is 103 Å². The molecule has 35 heavy (non-hydrogen) atoms. The zero-order chi connectivity index (χ0) is 23.8. The highest BCUT2D eigenvalue weighted by Gasteiger charge is 2.21. The van der Waals surface area contributed by atoms with Crippen LogP contribution in [0.3, 0.4) is 0 Å². The maximum absolute atomic E-state index is 2.42. The summed E-state index contributed by atoms with van der Waals surface area (Å²) < 4.78 is 0. The van der Waals surface area contributed by atoms with Gasteiger partial charge in [0.05, 0.1) is 5.69 Å². The summed E-state index contributed by atoms with van der Waals surface area (Å²) in [6, 6.07) is 46.0. The number of nitrogens with zero attached hydrogens (tertiary/aromatic N) is 1. The van der Waals surface area contributed by atoms with Crippen LogP contribution in [0.4, 0.5) is 17.1 Å². The molecule has 0 radical (unpaired) electrons. The zero-order valence-electron chi connectivity index (χ0n) is 20.1. The predicted molar refractivity (Wildman–Crippen MR) is 151 cm³/mol. The Bertz CT molecular complexity index is 1670. The van der Waals surface area contributed by atoms with E-state index >= 15 is 0 Å². The van der Waals surface area contributed by atoms with Crippen LogP contribution < -0.4 is 4.90 Å². The second kappa shape index (κ2) is 8.77. The van der Waals surface area contributed by atoms with Crippen molar-refractivity contribution >= 4 is 38.6 Å². The Morgan fingerprint density at radius 3 is 1.94 bits per heavy atom. The van der Waals surface area contributed by atoms with Crippen LogP contribution in [-0.4, -0.2) is 0 Å². The van der Waals surface area contributed by atoms with Crippen molar-refractivity contribution in [3.05, 3.63) is 139 Å². The van der Waals surface area contributed by atoms with E-state index in [4.69, 9.17) is 0 Å². The van der Waals surface area contributed by atoms with Crippen molar-refractivity contribution in [2.24, 2.45) is 0 Å². The van der Waals surface area contributed by atoms with E-state index in [9.17, 15) is 0 Å². The van der Waals surface area contributed by atoms with E-state index < -0.39 is 0 Å². The van der Waals surface area contributed by atoms with Crippen molar-refractivity contribution in [2.45, 2.75) is 13.8 Å². The lowest BCUT2D eigenvalue weighted by molar-refractivity contribution is 1.25. The third-order valence-electron chi connectivity index (χ3n) is 6.82. The van der Waals surface area contributed by atoms with Crippen LogP contribution >= 0.6 is 0 Å². The largest absolute Gasteiger partial charge is 0.310 e. The molecule has 0 N–H and O–H groups in total. The van der Waals surface area contributed by atoms with Crippen molar-refractivity contribution in [3.63, 3.8) is 0 Å². The molecule has 0 aliphatic carbocycles. The first-order valence-electron chi connectivity index (χ1n) is 12.1. The molecule has 6 aromatic rings. The zero-order valence-corrected chi connectivity index (χ0v) is 20.1. The first kappa shape index (κ1) is 21.2. The van der Waals surface area contributed by atoms with Gasteiger partial charge in [-0.15, -0.1) is 0 Å². The van der Waals surface area contributed by atoms with E-state index in [0.717, 1.165) is 5.69 Å². The third-order valence-corrected chi connectivity index (χ3v) is 6.82. The minimum atomic E-state index is 1.16. The van der Waals surface area contributed by atoms with Gasteiger partial charge in [0.1, 0.15) is 0 Å².